The van der Waals surface area contributed by atoms with Crippen LogP contribution in [0.3, 0.4) is 0 Å². The van der Waals surface area contributed by atoms with Crippen molar-refractivity contribution in [3.8, 4) is 0 Å². The lowest BCUT2D eigenvalue weighted by Crippen LogP contribution is -2.27. The summed E-state index contributed by atoms with van der Waals surface area (Å²) in [5, 5.41) is 12.3. The monoisotopic (exact) mass is 681 g/mol. The second-order valence-corrected chi connectivity index (χ2v) is 15.1. The number of unbranched alkanes of at least 4 members (excludes halogenated alkanes) is 3. The summed E-state index contributed by atoms with van der Waals surface area (Å²) in [4.78, 5) is 2.58. The summed E-state index contributed by atoms with van der Waals surface area (Å²) in [6.45, 7) is 19.4. The number of aliphatic hydroxyl groups excluding tert-OH is 1. The summed E-state index contributed by atoms with van der Waals surface area (Å²) >= 11 is 5.99. The third kappa shape index (κ3) is 9.00. The zero-order valence-electron chi connectivity index (χ0n) is 30.8. The van der Waals surface area contributed by atoms with Gasteiger partial charge in [0.15, 0.2) is 0 Å². The molecule has 0 atom stereocenters. The SMILES string of the molecule is C=C(/C=C/C=C1/N(CCCCSC)c2ccc3ccccc3c2C1(C)C)C(C)(C)c1c(C)ccc2ccccc12.CCCCCS.CO. The van der Waals surface area contributed by atoms with Gasteiger partial charge in [-0.15, -0.1) is 0 Å². The highest BCUT2D eigenvalue weighted by atomic mass is 32.2. The summed E-state index contributed by atoms with van der Waals surface area (Å²) in [5.74, 6) is 2.26. The van der Waals surface area contributed by atoms with E-state index in [2.05, 4.69) is 163 Å². The molecule has 0 saturated carbocycles. The van der Waals surface area contributed by atoms with E-state index in [1.54, 1.807) is 0 Å². The van der Waals surface area contributed by atoms with Gasteiger partial charge in [0.25, 0.3) is 0 Å². The Morgan fingerprint density at radius 1 is 0.896 bits per heavy atom. The average Bonchev–Trinajstić information content (AvgIpc) is 3.31. The van der Waals surface area contributed by atoms with Crippen molar-refractivity contribution in [1.82, 2.24) is 0 Å². The number of aliphatic hydroxyl groups is 1. The van der Waals surface area contributed by atoms with Gasteiger partial charge in [0.1, 0.15) is 0 Å². The first-order valence-electron chi connectivity index (χ1n) is 17.5. The van der Waals surface area contributed by atoms with Gasteiger partial charge in [0, 0.05) is 35.9 Å². The Bertz CT molecular complexity index is 1690. The van der Waals surface area contributed by atoms with E-state index in [0.717, 1.165) is 25.0 Å². The number of rotatable bonds is 12. The van der Waals surface area contributed by atoms with Crippen LogP contribution >= 0.6 is 24.4 Å². The Morgan fingerprint density at radius 2 is 1.52 bits per heavy atom. The molecule has 0 radical (unpaired) electrons. The van der Waals surface area contributed by atoms with E-state index in [4.69, 9.17) is 5.11 Å². The first-order valence-corrected chi connectivity index (χ1v) is 19.5. The molecule has 2 nitrogen and oxygen atoms in total. The number of allylic oxidation sites excluding steroid dienone is 5. The molecule has 4 heteroatoms. The van der Waals surface area contributed by atoms with Gasteiger partial charge >= 0.3 is 0 Å². The highest BCUT2D eigenvalue weighted by molar-refractivity contribution is 7.98. The minimum atomic E-state index is -0.193. The van der Waals surface area contributed by atoms with Crippen molar-refractivity contribution in [3.63, 3.8) is 0 Å². The number of thioether (sulfide) groups is 1. The molecule has 0 bridgehead atoms. The molecule has 1 aliphatic rings. The van der Waals surface area contributed by atoms with Crippen LogP contribution in [0.2, 0.25) is 0 Å². The first kappa shape index (κ1) is 39.5. The summed E-state index contributed by atoms with van der Waals surface area (Å²) in [6, 6.07) is 26.6. The molecule has 1 N–H and O–H groups in total. The number of benzene rings is 4. The molecule has 4 aromatic carbocycles. The molecule has 0 saturated heterocycles. The van der Waals surface area contributed by atoms with Gasteiger partial charge in [-0.3, -0.25) is 0 Å². The molecule has 0 fully saturated rings. The van der Waals surface area contributed by atoms with Crippen LogP contribution in [-0.2, 0) is 10.8 Å². The number of thiol groups is 1. The van der Waals surface area contributed by atoms with E-state index in [-0.39, 0.29) is 10.8 Å². The van der Waals surface area contributed by atoms with Gasteiger partial charge in [-0.05, 0) is 99.9 Å². The summed E-state index contributed by atoms with van der Waals surface area (Å²) < 4.78 is 0. The van der Waals surface area contributed by atoms with Crippen LogP contribution in [0, 0.1) is 6.92 Å². The number of nitrogens with zero attached hydrogens (tertiary/aromatic N) is 1. The van der Waals surface area contributed by atoms with E-state index in [1.807, 2.05) is 11.8 Å². The van der Waals surface area contributed by atoms with E-state index in [1.165, 1.54) is 87.5 Å². The minimum Gasteiger partial charge on any atom is -0.400 e. The van der Waals surface area contributed by atoms with Gasteiger partial charge in [-0.1, -0.05) is 133 Å². The van der Waals surface area contributed by atoms with Crippen LogP contribution in [0.15, 0.2) is 109 Å². The van der Waals surface area contributed by atoms with Crippen LogP contribution in [0.5, 0.6) is 0 Å². The lowest BCUT2D eigenvalue weighted by atomic mass is 9.74. The molecule has 0 spiro atoms. The molecule has 4 aromatic rings. The fourth-order valence-corrected chi connectivity index (χ4v) is 7.71. The summed E-state index contributed by atoms with van der Waals surface area (Å²) in [7, 11) is 1.00. The van der Waals surface area contributed by atoms with Crippen LogP contribution in [0.1, 0.15) is 83.4 Å². The van der Waals surface area contributed by atoms with Crippen LogP contribution in [0.25, 0.3) is 21.5 Å². The maximum Gasteiger partial charge on any atom is 0.0457 e. The van der Waals surface area contributed by atoms with E-state index in [0.29, 0.717) is 0 Å². The smallest absolute Gasteiger partial charge is 0.0457 e. The Kier molecular flexibility index (Phi) is 15.4. The standard InChI is InChI=1S/C38H43NS.C5H12S.CH4O/c1-27-21-22-29-16-8-10-18-31(29)35(27)37(3,4)28(2)15-14-20-34-38(5,6)36-32-19-11-9-17-30(32)23-24-33(36)39(34)25-12-13-26-40-7;1-2-3-4-5-6;1-2/h8-11,14-24H,2,12-13,25-26H2,1,3-7H3;6H,2-5H2,1H3;2H,1H3/b15-14+,34-20+;;. The molecule has 0 unspecified atom stereocenters. The predicted octanol–water partition coefficient (Wildman–Crippen LogP) is 12.2. The maximum atomic E-state index is 7.00. The van der Waals surface area contributed by atoms with Crippen molar-refractivity contribution < 1.29 is 5.11 Å². The predicted molar refractivity (Wildman–Crippen MR) is 222 cm³/mol. The molecule has 1 heterocycles. The number of anilines is 1. The van der Waals surface area contributed by atoms with Gasteiger partial charge in [0.2, 0.25) is 0 Å². The van der Waals surface area contributed by atoms with Gasteiger partial charge in [-0.2, -0.15) is 24.4 Å². The molecular formula is C44H59NOS2. The van der Waals surface area contributed by atoms with Crippen molar-refractivity contribution in [2.75, 3.05) is 36.3 Å². The molecule has 5 rings (SSSR count). The molecule has 258 valence electrons. The fourth-order valence-electron chi connectivity index (χ4n) is 6.99. The number of fused-ring (bicyclic) bond motifs is 4. The van der Waals surface area contributed by atoms with Crippen molar-refractivity contribution >= 4 is 51.6 Å². The Hall–Kier alpha value is -2.92. The van der Waals surface area contributed by atoms with Crippen molar-refractivity contribution in [2.45, 2.75) is 84.5 Å². The third-order valence-electron chi connectivity index (χ3n) is 9.61. The van der Waals surface area contributed by atoms with Crippen molar-refractivity contribution in [1.29, 1.82) is 0 Å². The first-order chi connectivity index (χ1) is 23.1. The average molecular weight is 682 g/mol. The van der Waals surface area contributed by atoms with Crippen molar-refractivity contribution in [2.24, 2.45) is 0 Å². The number of hydrogen-bond donors (Lipinski definition) is 2. The van der Waals surface area contributed by atoms with Gasteiger partial charge < -0.3 is 10.0 Å². The third-order valence-corrected chi connectivity index (χ3v) is 10.6. The Labute approximate surface area is 301 Å². The Morgan fingerprint density at radius 3 is 2.15 bits per heavy atom. The number of aryl methyl sites for hydroxylation is 1. The van der Waals surface area contributed by atoms with Crippen LogP contribution in [-0.4, -0.2) is 36.5 Å². The minimum absolute atomic E-state index is 0.0941. The molecular weight excluding hydrogens is 623 g/mol. The van der Waals surface area contributed by atoms with Gasteiger partial charge in [-0.25, -0.2) is 0 Å². The van der Waals surface area contributed by atoms with E-state index in [9.17, 15) is 0 Å². The molecule has 0 amide bonds. The second-order valence-electron chi connectivity index (χ2n) is 13.6. The zero-order valence-corrected chi connectivity index (χ0v) is 32.5. The number of hydrogen-bond acceptors (Lipinski definition) is 4. The topological polar surface area (TPSA) is 23.5 Å². The molecule has 0 aromatic heterocycles. The summed E-state index contributed by atoms with van der Waals surface area (Å²) in [6.07, 6.45) is 15.4. The van der Waals surface area contributed by atoms with Crippen LogP contribution in [0.4, 0.5) is 5.69 Å². The lowest BCUT2D eigenvalue weighted by Gasteiger charge is -2.30. The fraction of sp³-hybridized carbons (Fsp3) is 0.409. The maximum absolute atomic E-state index is 7.00. The molecule has 0 aliphatic carbocycles. The van der Waals surface area contributed by atoms with E-state index >= 15 is 0 Å². The normalized spacial score (nSPS) is 14.5. The molecule has 48 heavy (non-hydrogen) atoms. The van der Waals surface area contributed by atoms with Gasteiger partial charge in [0.05, 0.1) is 0 Å². The zero-order chi connectivity index (χ0) is 35.3. The second kappa shape index (κ2) is 18.7. The van der Waals surface area contributed by atoms with E-state index < -0.39 is 0 Å². The quantitative estimate of drug-likeness (QED) is 0.0884. The lowest BCUT2D eigenvalue weighted by molar-refractivity contribution is 0.399. The van der Waals surface area contributed by atoms with Crippen molar-refractivity contribution in [3.05, 3.63) is 126 Å². The summed E-state index contributed by atoms with van der Waals surface area (Å²) in [5.41, 5.74) is 7.68. The van der Waals surface area contributed by atoms with Crippen LogP contribution < -0.4 is 4.90 Å². The molecule has 1 aliphatic heterocycles. The highest BCUT2D eigenvalue weighted by Gasteiger charge is 2.40. The Balaban J connectivity index is 0.000000705. The highest BCUT2D eigenvalue weighted by Crippen LogP contribution is 2.51. The largest absolute Gasteiger partial charge is 0.400 e.